The maximum Gasteiger partial charge on any atom is 0.508 e. The van der Waals surface area contributed by atoms with Crippen molar-refractivity contribution in [1.29, 1.82) is 0 Å². The summed E-state index contributed by atoms with van der Waals surface area (Å²) in [5, 5.41) is 0. The minimum absolute atomic E-state index is 0.215. The van der Waals surface area contributed by atoms with E-state index in [0.717, 1.165) is 90.1 Å². The van der Waals surface area contributed by atoms with E-state index in [-0.39, 0.29) is 25.1 Å². The SMILES string of the molecule is CCCCCCCCCCCCC(CCOC(=O)CCC(OCC(CCC)CCC)OCC(CCC)CCC)OC(=O)OCCCN(C)CC. The van der Waals surface area contributed by atoms with Crippen LogP contribution in [0.5, 0.6) is 0 Å². The second kappa shape index (κ2) is 36.0. The molecule has 0 aromatic carbocycles. The molecule has 8 heteroatoms. The van der Waals surface area contributed by atoms with Gasteiger partial charge in [0, 0.05) is 19.4 Å². The quantitative estimate of drug-likeness (QED) is 0.0357. The molecule has 8 nitrogen and oxygen atoms in total. The lowest BCUT2D eigenvalue weighted by Gasteiger charge is -2.24. The summed E-state index contributed by atoms with van der Waals surface area (Å²) in [5.41, 5.74) is 0. The van der Waals surface area contributed by atoms with Crippen molar-refractivity contribution in [3.63, 3.8) is 0 Å². The lowest BCUT2D eigenvalue weighted by Crippen LogP contribution is -2.26. The summed E-state index contributed by atoms with van der Waals surface area (Å²) >= 11 is 0. The Morgan fingerprint density at radius 2 is 1.06 bits per heavy atom. The molecular formula is C42H83NO7. The Labute approximate surface area is 309 Å². The summed E-state index contributed by atoms with van der Waals surface area (Å²) in [6.45, 7) is 16.9. The molecule has 0 fully saturated rings. The topological polar surface area (TPSA) is 83.5 Å². The van der Waals surface area contributed by atoms with Crippen molar-refractivity contribution >= 4 is 12.1 Å². The number of ether oxygens (including phenoxy) is 5. The minimum Gasteiger partial charge on any atom is -0.466 e. The van der Waals surface area contributed by atoms with Crippen LogP contribution in [0.1, 0.15) is 189 Å². The average molecular weight is 714 g/mol. The van der Waals surface area contributed by atoms with Crippen LogP contribution in [-0.4, -0.2) is 76.0 Å². The van der Waals surface area contributed by atoms with Crippen molar-refractivity contribution in [1.82, 2.24) is 4.90 Å². The molecule has 0 bridgehead atoms. The molecule has 0 N–H and O–H groups in total. The fraction of sp³-hybridized carbons (Fsp3) is 0.952. The molecule has 0 aliphatic rings. The zero-order valence-corrected chi connectivity index (χ0v) is 34.1. The Kier molecular flexibility index (Phi) is 35.0. The second-order valence-corrected chi connectivity index (χ2v) is 14.6. The van der Waals surface area contributed by atoms with Crippen molar-refractivity contribution < 1.29 is 33.3 Å². The van der Waals surface area contributed by atoms with E-state index in [9.17, 15) is 9.59 Å². The molecule has 0 aromatic heterocycles. The molecule has 0 aromatic rings. The molecule has 0 heterocycles. The van der Waals surface area contributed by atoms with Gasteiger partial charge in [0.25, 0.3) is 0 Å². The lowest BCUT2D eigenvalue weighted by atomic mass is 9.99. The van der Waals surface area contributed by atoms with Gasteiger partial charge in [0.15, 0.2) is 6.29 Å². The van der Waals surface area contributed by atoms with Crippen LogP contribution >= 0.6 is 0 Å². The van der Waals surface area contributed by atoms with Gasteiger partial charge in [-0.1, -0.05) is 125 Å². The maximum atomic E-state index is 12.9. The highest BCUT2D eigenvalue weighted by Crippen LogP contribution is 2.20. The second-order valence-electron chi connectivity index (χ2n) is 14.6. The fourth-order valence-corrected chi connectivity index (χ4v) is 6.51. The number of hydrogen-bond donors (Lipinski definition) is 0. The number of rotatable bonds is 37. The molecule has 0 aliphatic heterocycles. The molecular weight excluding hydrogens is 630 g/mol. The first-order valence-electron chi connectivity index (χ1n) is 21.2. The summed E-state index contributed by atoms with van der Waals surface area (Å²) in [6.07, 6.45) is 23.0. The van der Waals surface area contributed by atoms with Crippen LogP contribution in [0.15, 0.2) is 0 Å². The number of nitrogens with zero attached hydrogens (tertiary/aromatic N) is 1. The van der Waals surface area contributed by atoms with Crippen LogP contribution in [0.25, 0.3) is 0 Å². The minimum atomic E-state index is -0.626. The molecule has 50 heavy (non-hydrogen) atoms. The first-order valence-corrected chi connectivity index (χ1v) is 21.2. The van der Waals surface area contributed by atoms with Gasteiger partial charge in [-0.05, 0) is 70.4 Å². The highest BCUT2D eigenvalue weighted by molar-refractivity contribution is 5.69. The Morgan fingerprint density at radius 1 is 0.540 bits per heavy atom. The lowest BCUT2D eigenvalue weighted by molar-refractivity contribution is -0.169. The molecule has 0 spiro atoms. The molecule has 298 valence electrons. The smallest absolute Gasteiger partial charge is 0.466 e. The molecule has 0 saturated carbocycles. The number of unbranched alkanes of at least 4 members (excludes halogenated alkanes) is 9. The predicted molar refractivity (Wildman–Crippen MR) is 208 cm³/mol. The van der Waals surface area contributed by atoms with Gasteiger partial charge in [0.2, 0.25) is 0 Å². The Hall–Kier alpha value is -1.38. The highest BCUT2D eigenvalue weighted by atomic mass is 16.7. The van der Waals surface area contributed by atoms with Gasteiger partial charge in [0.1, 0.15) is 6.10 Å². The van der Waals surface area contributed by atoms with E-state index in [2.05, 4.69) is 53.5 Å². The fourth-order valence-electron chi connectivity index (χ4n) is 6.51. The largest absolute Gasteiger partial charge is 0.508 e. The summed E-state index contributed by atoms with van der Waals surface area (Å²) in [5.74, 6) is 0.767. The highest BCUT2D eigenvalue weighted by Gasteiger charge is 2.20. The van der Waals surface area contributed by atoms with Gasteiger partial charge in [-0.3, -0.25) is 4.79 Å². The third-order valence-corrected chi connectivity index (χ3v) is 9.70. The third-order valence-electron chi connectivity index (χ3n) is 9.70. The van der Waals surface area contributed by atoms with Crippen LogP contribution in [0.2, 0.25) is 0 Å². The molecule has 0 rings (SSSR count). The Morgan fingerprint density at radius 3 is 1.56 bits per heavy atom. The van der Waals surface area contributed by atoms with Gasteiger partial charge in [-0.2, -0.15) is 0 Å². The predicted octanol–water partition coefficient (Wildman–Crippen LogP) is 11.7. The molecule has 0 radical (unpaired) electrons. The zero-order chi connectivity index (χ0) is 37.1. The van der Waals surface area contributed by atoms with Gasteiger partial charge in [0.05, 0.1) is 32.8 Å². The van der Waals surface area contributed by atoms with Crippen LogP contribution in [-0.2, 0) is 28.5 Å². The monoisotopic (exact) mass is 714 g/mol. The standard InChI is InChI=1S/C42H83NO7/c1-8-14-15-16-17-18-19-20-21-22-28-39(50-42(45)47-33-23-32-43(7)13-6)31-34-46-40(44)29-30-41(48-35-37(24-9-2)25-10-3)49-36-38(26-11-4)27-12-5/h37-39,41H,8-36H2,1-7H3. The van der Waals surface area contributed by atoms with Crippen LogP contribution in [0, 0.1) is 11.8 Å². The number of esters is 1. The normalized spacial score (nSPS) is 12.4. The van der Waals surface area contributed by atoms with Gasteiger partial charge in [-0.15, -0.1) is 0 Å². The van der Waals surface area contributed by atoms with Crippen molar-refractivity contribution in [3.8, 4) is 0 Å². The Balaban J connectivity index is 4.93. The van der Waals surface area contributed by atoms with E-state index in [1.54, 1.807) is 0 Å². The zero-order valence-electron chi connectivity index (χ0n) is 34.1. The van der Waals surface area contributed by atoms with E-state index in [0.29, 0.717) is 44.5 Å². The summed E-state index contributed by atoms with van der Waals surface area (Å²) < 4.78 is 29.4. The van der Waals surface area contributed by atoms with E-state index < -0.39 is 12.4 Å². The first-order chi connectivity index (χ1) is 24.3. The van der Waals surface area contributed by atoms with E-state index in [4.69, 9.17) is 23.7 Å². The number of carbonyl (C=O) groups excluding carboxylic acids is 2. The maximum absolute atomic E-state index is 12.9. The Bertz CT molecular complexity index is 720. The average Bonchev–Trinajstić information content (AvgIpc) is 3.10. The molecule has 0 aliphatic carbocycles. The van der Waals surface area contributed by atoms with Crippen molar-refractivity contribution in [2.45, 2.75) is 202 Å². The first kappa shape index (κ1) is 48.6. The molecule has 1 atom stereocenters. The summed E-state index contributed by atoms with van der Waals surface area (Å²) in [4.78, 5) is 27.6. The third kappa shape index (κ3) is 30.3. The van der Waals surface area contributed by atoms with Gasteiger partial charge >= 0.3 is 12.1 Å². The van der Waals surface area contributed by atoms with E-state index >= 15 is 0 Å². The van der Waals surface area contributed by atoms with Gasteiger partial charge in [-0.25, -0.2) is 4.79 Å². The summed E-state index contributed by atoms with van der Waals surface area (Å²) in [6, 6.07) is 0. The summed E-state index contributed by atoms with van der Waals surface area (Å²) in [7, 11) is 2.05. The van der Waals surface area contributed by atoms with Crippen molar-refractivity contribution in [2.75, 3.05) is 46.6 Å². The molecule has 0 amide bonds. The van der Waals surface area contributed by atoms with Crippen molar-refractivity contribution in [3.05, 3.63) is 0 Å². The van der Waals surface area contributed by atoms with E-state index in [1.807, 2.05) is 0 Å². The number of hydrogen-bond acceptors (Lipinski definition) is 8. The van der Waals surface area contributed by atoms with Crippen LogP contribution in [0.3, 0.4) is 0 Å². The van der Waals surface area contributed by atoms with Gasteiger partial charge < -0.3 is 28.6 Å². The van der Waals surface area contributed by atoms with Crippen LogP contribution < -0.4 is 0 Å². The molecule has 0 saturated heterocycles. The molecule has 1 unspecified atom stereocenters. The van der Waals surface area contributed by atoms with E-state index in [1.165, 1.54) is 51.4 Å². The van der Waals surface area contributed by atoms with Crippen molar-refractivity contribution in [2.24, 2.45) is 11.8 Å². The van der Waals surface area contributed by atoms with Crippen LogP contribution in [0.4, 0.5) is 4.79 Å². The number of carbonyl (C=O) groups is 2.